The molecule has 2 nitrogen and oxygen atoms in total. The lowest BCUT2D eigenvalue weighted by Crippen LogP contribution is -2.08. The van der Waals surface area contributed by atoms with Gasteiger partial charge in [-0.1, -0.05) is 56.2 Å². The van der Waals surface area contributed by atoms with Gasteiger partial charge < -0.3 is 4.74 Å². The van der Waals surface area contributed by atoms with Crippen LogP contribution in [-0.4, -0.2) is 17.7 Å². The van der Waals surface area contributed by atoms with E-state index < -0.39 is 11.6 Å². The molecule has 1 unspecified atom stereocenters. The molecular weight excluding hydrogens is 428 g/mol. The lowest BCUT2D eigenvalue weighted by molar-refractivity contribution is 0.0566. The molecule has 0 aliphatic carbocycles. The molecular formula is C30H35F2NO. The van der Waals surface area contributed by atoms with Crippen LogP contribution in [0.15, 0.2) is 61.2 Å². The highest BCUT2D eigenvalue weighted by molar-refractivity contribution is 5.84. The average Bonchev–Trinajstić information content (AvgIpc) is 2.84. The number of unbranched alkanes of at least 4 members (excludes halogenated alkanes) is 3. The van der Waals surface area contributed by atoms with Gasteiger partial charge in [0, 0.05) is 17.6 Å². The fourth-order valence-electron chi connectivity index (χ4n) is 3.96. The van der Waals surface area contributed by atoms with Crippen LogP contribution in [0.2, 0.25) is 0 Å². The largest absolute Gasteiger partial charge is 0.379 e. The molecule has 1 atom stereocenters. The van der Waals surface area contributed by atoms with Crippen molar-refractivity contribution < 1.29 is 13.5 Å². The summed E-state index contributed by atoms with van der Waals surface area (Å²) >= 11 is 0. The topological polar surface area (TPSA) is 22.1 Å². The van der Waals surface area contributed by atoms with Crippen molar-refractivity contribution in [1.29, 1.82) is 0 Å². The van der Waals surface area contributed by atoms with Crippen LogP contribution >= 0.6 is 0 Å². The second-order valence-electron chi connectivity index (χ2n) is 8.76. The maximum absolute atomic E-state index is 14.6. The molecule has 0 aliphatic rings. The van der Waals surface area contributed by atoms with E-state index in [4.69, 9.17) is 4.74 Å². The molecule has 0 fully saturated rings. The number of benzene rings is 2. The minimum absolute atomic E-state index is 0.166. The minimum Gasteiger partial charge on any atom is -0.379 e. The van der Waals surface area contributed by atoms with Crippen molar-refractivity contribution in [2.24, 2.45) is 0 Å². The summed E-state index contributed by atoms with van der Waals surface area (Å²) in [7, 11) is 0. The Morgan fingerprint density at radius 2 is 1.88 bits per heavy atom. The summed E-state index contributed by atoms with van der Waals surface area (Å²) in [5.74, 6) is -1.70. The standard InChI is InChI=1S/C30H35F2NO/c1-4-6-10-20-34-22(3)12-8-7-9-13-23-14-18-27-25(21-23)16-19-28(33-27)26-17-15-24(11-5-2)29(31)30(26)32/h5,9,13-19,21-22H,2,4,6-8,10-12,20H2,1,3H3/b13-9+. The maximum atomic E-state index is 14.6. The number of allylic oxidation sites excluding steroid dienone is 2. The Hall–Kier alpha value is -2.85. The Labute approximate surface area is 202 Å². The first-order valence-electron chi connectivity index (χ1n) is 12.3. The second kappa shape index (κ2) is 13.1. The fraction of sp³-hybridized carbons (Fsp3) is 0.367. The first-order valence-corrected chi connectivity index (χ1v) is 12.3. The number of aromatic nitrogens is 1. The Bertz CT molecular complexity index is 1120. The van der Waals surface area contributed by atoms with Crippen LogP contribution in [-0.2, 0) is 11.2 Å². The van der Waals surface area contributed by atoms with Gasteiger partial charge in [0.2, 0.25) is 0 Å². The molecule has 3 rings (SSSR count). The normalized spacial score (nSPS) is 12.5. The van der Waals surface area contributed by atoms with Crippen LogP contribution in [0.5, 0.6) is 0 Å². The molecule has 2 aromatic carbocycles. The van der Waals surface area contributed by atoms with E-state index in [1.807, 2.05) is 18.2 Å². The minimum atomic E-state index is -0.869. The third-order valence-corrected chi connectivity index (χ3v) is 5.96. The van der Waals surface area contributed by atoms with Gasteiger partial charge in [0.25, 0.3) is 0 Å². The monoisotopic (exact) mass is 463 g/mol. The maximum Gasteiger partial charge on any atom is 0.168 e. The van der Waals surface area contributed by atoms with Crippen LogP contribution in [0, 0.1) is 11.6 Å². The Morgan fingerprint density at radius 1 is 1.03 bits per heavy atom. The summed E-state index contributed by atoms with van der Waals surface area (Å²) < 4.78 is 34.8. The van der Waals surface area contributed by atoms with E-state index in [0.717, 1.165) is 48.8 Å². The number of rotatable bonds is 13. The quantitative estimate of drug-likeness (QED) is 0.187. The number of pyridine rings is 1. The predicted octanol–water partition coefficient (Wildman–Crippen LogP) is 8.69. The molecule has 1 aromatic heterocycles. The summed E-state index contributed by atoms with van der Waals surface area (Å²) in [6.07, 6.45) is 13.2. The Balaban J connectivity index is 1.59. The van der Waals surface area contributed by atoms with Crippen molar-refractivity contribution in [1.82, 2.24) is 4.98 Å². The van der Waals surface area contributed by atoms with Crippen LogP contribution in [0.25, 0.3) is 28.2 Å². The summed E-state index contributed by atoms with van der Waals surface area (Å²) in [6.45, 7) is 8.80. The second-order valence-corrected chi connectivity index (χ2v) is 8.76. The number of hydrogen-bond acceptors (Lipinski definition) is 2. The molecule has 0 amide bonds. The number of ether oxygens (including phenoxy) is 1. The van der Waals surface area contributed by atoms with Gasteiger partial charge in [0.15, 0.2) is 11.6 Å². The van der Waals surface area contributed by atoms with Gasteiger partial charge in [-0.15, -0.1) is 6.58 Å². The summed E-state index contributed by atoms with van der Waals surface area (Å²) in [5.41, 5.74) is 2.72. The zero-order valence-electron chi connectivity index (χ0n) is 20.3. The third kappa shape index (κ3) is 7.07. The number of fused-ring (bicyclic) bond motifs is 1. The third-order valence-electron chi connectivity index (χ3n) is 5.96. The van der Waals surface area contributed by atoms with Crippen molar-refractivity contribution in [3.05, 3.63) is 84.0 Å². The lowest BCUT2D eigenvalue weighted by atomic mass is 10.0. The van der Waals surface area contributed by atoms with E-state index in [9.17, 15) is 8.78 Å². The molecule has 0 radical (unpaired) electrons. The highest BCUT2D eigenvalue weighted by atomic mass is 19.2. The molecule has 3 aromatic rings. The van der Waals surface area contributed by atoms with Gasteiger partial charge in [-0.3, -0.25) is 0 Å². The summed E-state index contributed by atoms with van der Waals surface area (Å²) in [6, 6.07) is 12.8. The van der Waals surface area contributed by atoms with Crippen molar-refractivity contribution in [3.8, 4) is 11.3 Å². The molecule has 0 aliphatic heterocycles. The molecule has 1 heterocycles. The lowest BCUT2D eigenvalue weighted by Gasteiger charge is -2.12. The van der Waals surface area contributed by atoms with Crippen molar-refractivity contribution in [2.45, 2.75) is 64.9 Å². The summed E-state index contributed by atoms with van der Waals surface area (Å²) in [4.78, 5) is 4.56. The van der Waals surface area contributed by atoms with Crippen molar-refractivity contribution in [3.63, 3.8) is 0 Å². The SMILES string of the molecule is C=CCc1ccc(-c2ccc3cc(/C=C/CCCC(C)OCCCCC)ccc3n2)c(F)c1F. The van der Waals surface area contributed by atoms with Gasteiger partial charge in [0.05, 0.1) is 17.3 Å². The van der Waals surface area contributed by atoms with Gasteiger partial charge in [-0.2, -0.15) is 0 Å². The van der Waals surface area contributed by atoms with Crippen LogP contribution < -0.4 is 0 Å². The van der Waals surface area contributed by atoms with E-state index in [-0.39, 0.29) is 12.0 Å². The van der Waals surface area contributed by atoms with Gasteiger partial charge in [-0.05, 0) is 74.4 Å². The van der Waals surface area contributed by atoms with E-state index in [0.29, 0.717) is 17.4 Å². The molecule has 0 bridgehead atoms. The highest BCUT2D eigenvalue weighted by Gasteiger charge is 2.15. The van der Waals surface area contributed by atoms with Crippen LogP contribution in [0.3, 0.4) is 0 Å². The zero-order valence-corrected chi connectivity index (χ0v) is 20.3. The molecule has 180 valence electrons. The zero-order chi connectivity index (χ0) is 24.3. The van der Waals surface area contributed by atoms with E-state index >= 15 is 0 Å². The van der Waals surface area contributed by atoms with E-state index in [2.05, 4.69) is 43.6 Å². The van der Waals surface area contributed by atoms with Crippen molar-refractivity contribution >= 4 is 17.0 Å². The van der Waals surface area contributed by atoms with Gasteiger partial charge in [-0.25, -0.2) is 13.8 Å². The predicted molar refractivity (Wildman–Crippen MR) is 139 cm³/mol. The number of nitrogens with zero attached hydrogens (tertiary/aromatic N) is 1. The Kier molecular flexibility index (Phi) is 9.96. The smallest absolute Gasteiger partial charge is 0.168 e. The molecule has 34 heavy (non-hydrogen) atoms. The van der Waals surface area contributed by atoms with Crippen LogP contribution in [0.1, 0.15) is 63.5 Å². The molecule has 0 saturated carbocycles. The fourth-order valence-corrected chi connectivity index (χ4v) is 3.96. The van der Waals surface area contributed by atoms with E-state index in [1.165, 1.54) is 12.8 Å². The highest BCUT2D eigenvalue weighted by Crippen LogP contribution is 2.27. The van der Waals surface area contributed by atoms with Gasteiger partial charge >= 0.3 is 0 Å². The average molecular weight is 464 g/mol. The van der Waals surface area contributed by atoms with Crippen molar-refractivity contribution in [2.75, 3.05) is 6.61 Å². The first kappa shape index (κ1) is 25.8. The molecule has 0 spiro atoms. The number of hydrogen-bond donors (Lipinski definition) is 0. The first-order chi connectivity index (χ1) is 16.5. The molecule has 0 N–H and O–H groups in total. The molecule has 4 heteroatoms. The number of halogens is 2. The molecule has 0 saturated heterocycles. The Morgan fingerprint density at radius 3 is 2.68 bits per heavy atom. The van der Waals surface area contributed by atoms with Crippen LogP contribution in [0.4, 0.5) is 8.78 Å². The summed E-state index contributed by atoms with van der Waals surface area (Å²) in [5, 5.41) is 0.962. The van der Waals surface area contributed by atoms with E-state index in [1.54, 1.807) is 24.3 Å². The van der Waals surface area contributed by atoms with Gasteiger partial charge in [0.1, 0.15) is 0 Å².